The van der Waals surface area contributed by atoms with Gasteiger partial charge in [0.1, 0.15) is 11.5 Å². The molecule has 1 aliphatic rings. The van der Waals surface area contributed by atoms with Crippen molar-refractivity contribution >= 4 is 33.2 Å². The molecule has 7 nitrogen and oxygen atoms in total. The molecule has 2 aromatic rings. The van der Waals surface area contributed by atoms with Crippen molar-refractivity contribution in [2.24, 2.45) is 5.92 Å². The number of sulfonamides is 1. The second-order valence-corrected chi connectivity index (χ2v) is 10.5. The smallest absolute Gasteiger partial charge is 0.255 e. The number of rotatable bonds is 6. The van der Waals surface area contributed by atoms with Gasteiger partial charge in [-0.25, -0.2) is 8.42 Å². The quantitative estimate of drug-likeness (QED) is 0.650. The molecule has 2 aromatic carbocycles. The van der Waals surface area contributed by atoms with Gasteiger partial charge in [0.2, 0.25) is 10.0 Å². The van der Waals surface area contributed by atoms with Crippen molar-refractivity contribution in [3.05, 3.63) is 46.0 Å². The predicted molar refractivity (Wildman–Crippen MR) is 126 cm³/mol. The van der Waals surface area contributed by atoms with Crippen molar-refractivity contribution in [1.82, 2.24) is 4.31 Å². The maximum absolute atomic E-state index is 13.4. The zero-order valence-corrected chi connectivity index (χ0v) is 20.6. The summed E-state index contributed by atoms with van der Waals surface area (Å²) in [5.41, 5.74) is 1.97. The fourth-order valence-corrected chi connectivity index (χ4v) is 5.78. The van der Waals surface area contributed by atoms with Crippen LogP contribution < -0.4 is 14.8 Å². The Balaban J connectivity index is 1.95. The number of piperidine rings is 1. The Bertz CT molecular complexity index is 1130. The third-order valence-electron chi connectivity index (χ3n) is 5.96. The molecule has 1 aliphatic heterocycles. The van der Waals surface area contributed by atoms with Gasteiger partial charge in [-0.3, -0.25) is 4.79 Å². The van der Waals surface area contributed by atoms with Crippen LogP contribution in [0.5, 0.6) is 11.5 Å². The van der Waals surface area contributed by atoms with E-state index in [1.165, 1.54) is 30.7 Å². The van der Waals surface area contributed by atoms with Gasteiger partial charge in [0.05, 0.1) is 29.8 Å². The first-order valence-electron chi connectivity index (χ1n) is 10.4. The molecular weight excluding hydrogens is 452 g/mol. The van der Waals surface area contributed by atoms with Crippen molar-refractivity contribution in [3.63, 3.8) is 0 Å². The topological polar surface area (TPSA) is 84.9 Å². The van der Waals surface area contributed by atoms with Gasteiger partial charge in [-0.05, 0) is 61.9 Å². The van der Waals surface area contributed by atoms with E-state index in [1.807, 2.05) is 0 Å². The third-order valence-corrected chi connectivity index (χ3v) is 8.28. The number of amides is 1. The van der Waals surface area contributed by atoms with Crippen LogP contribution in [0.1, 0.15) is 41.3 Å². The van der Waals surface area contributed by atoms with Crippen LogP contribution in [0.25, 0.3) is 0 Å². The Morgan fingerprint density at radius 3 is 2.28 bits per heavy atom. The van der Waals surface area contributed by atoms with Gasteiger partial charge < -0.3 is 14.8 Å². The molecule has 174 valence electrons. The highest BCUT2D eigenvalue weighted by Crippen LogP contribution is 2.36. The van der Waals surface area contributed by atoms with Crippen LogP contribution in [0, 0.1) is 19.8 Å². The summed E-state index contributed by atoms with van der Waals surface area (Å²) in [5, 5.41) is 3.08. The van der Waals surface area contributed by atoms with Crippen LogP contribution in [0.4, 0.5) is 5.69 Å². The van der Waals surface area contributed by atoms with Crippen LogP contribution >= 0.6 is 11.6 Å². The summed E-state index contributed by atoms with van der Waals surface area (Å²) in [5.74, 6) is 0.833. The number of methoxy groups -OCH3 is 2. The molecule has 1 saturated heterocycles. The number of hydrogen-bond acceptors (Lipinski definition) is 5. The lowest BCUT2D eigenvalue weighted by Crippen LogP contribution is -2.38. The minimum absolute atomic E-state index is 0.164. The van der Waals surface area contributed by atoms with Crippen LogP contribution in [0.15, 0.2) is 29.2 Å². The number of anilines is 1. The van der Waals surface area contributed by atoms with Crippen LogP contribution in [-0.2, 0) is 10.0 Å². The molecule has 1 fully saturated rings. The Kier molecular flexibility index (Phi) is 7.37. The molecule has 3 rings (SSSR count). The van der Waals surface area contributed by atoms with E-state index >= 15 is 0 Å². The minimum atomic E-state index is -3.71. The van der Waals surface area contributed by atoms with E-state index in [-0.39, 0.29) is 10.5 Å². The summed E-state index contributed by atoms with van der Waals surface area (Å²) in [6.07, 6.45) is 1.66. The Hall–Kier alpha value is -2.29. The van der Waals surface area contributed by atoms with E-state index in [1.54, 1.807) is 26.0 Å². The number of nitrogens with one attached hydrogen (secondary N) is 1. The van der Waals surface area contributed by atoms with Crippen molar-refractivity contribution < 1.29 is 22.7 Å². The van der Waals surface area contributed by atoms with E-state index in [0.717, 1.165) is 18.4 Å². The van der Waals surface area contributed by atoms with Gasteiger partial charge in [-0.2, -0.15) is 4.31 Å². The van der Waals surface area contributed by atoms with Crippen molar-refractivity contribution in [1.29, 1.82) is 0 Å². The highest BCUT2D eigenvalue weighted by molar-refractivity contribution is 7.89. The average Bonchev–Trinajstić information content (AvgIpc) is 2.75. The second-order valence-electron chi connectivity index (χ2n) is 8.14. The second kappa shape index (κ2) is 9.68. The Morgan fingerprint density at radius 2 is 1.69 bits per heavy atom. The van der Waals surface area contributed by atoms with Gasteiger partial charge in [0, 0.05) is 24.7 Å². The molecular formula is C23H29ClN2O5S. The molecule has 1 heterocycles. The van der Waals surface area contributed by atoms with E-state index < -0.39 is 15.9 Å². The SMILES string of the molecule is COc1cc(OC)c(NC(=O)c2cc(C)c(C)c(S(=O)(=O)N3CCC(C)CC3)c2)cc1Cl. The zero-order chi connectivity index (χ0) is 23.6. The van der Waals surface area contributed by atoms with Gasteiger partial charge in [-0.15, -0.1) is 0 Å². The molecule has 32 heavy (non-hydrogen) atoms. The molecule has 0 aliphatic carbocycles. The van der Waals surface area contributed by atoms with E-state index in [9.17, 15) is 13.2 Å². The highest BCUT2D eigenvalue weighted by atomic mass is 35.5. The number of halogens is 1. The van der Waals surface area contributed by atoms with Gasteiger partial charge >= 0.3 is 0 Å². The Morgan fingerprint density at radius 1 is 1.06 bits per heavy atom. The molecule has 0 spiro atoms. The molecule has 0 atom stereocenters. The molecule has 0 bridgehead atoms. The number of benzene rings is 2. The highest BCUT2D eigenvalue weighted by Gasteiger charge is 2.30. The third kappa shape index (κ3) is 4.87. The van der Waals surface area contributed by atoms with Gasteiger partial charge in [0.15, 0.2) is 0 Å². The lowest BCUT2D eigenvalue weighted by Gasteiger charge is -2.30. The van der Waals surface area contributed by atoms with Crippen LogP contribution in [0.3, 0.4) is 0 Å². The molecule has 1 N–H and O–H groups in total. The number of carbonyl (C=O) groups is 1. The van der Waals surface area contributed by atoms with E-state index in [0.29, 0.717) is 46.8 Å². The van der Waals surface area contributed by atoms with Gasteiger partial charge in [0.25, 0.3) is 5.91 Å². The summed E-state index contributed by atoms with van der Waals surface area (Å²) < 4.78 is 38.7. The molecule has 0 aromatic heterocycles. The standard InChI is InChI=1S/C23H29ClN2O5S/c1-14-6-8-26(9-7-14)32(28,29)22-11-17(10-15(2)16(22)3)23(27)25-19-12-18(24)20(30-4)13-21(19)31-5/h10-14H,6-9H2,1-5H3,(H,25,27). The normalized spacial score (nSPS) is 15.4. The summed E-state index contributed by atoms with van der Waals surface area (Å²) in [4.78, 5) is 13.2. The first-order chi connectivity index (χ1) is 15.1. The van der Waals surface area contributed by atoms with Gasteiger partial charge in [-0.1, -0.05) is 18.5 Å². The molecule has 0 unspecified atom stereocenters. The van der Waals surface area contributed by atoms with Crippen molar-refractivity contribution in [2.75, 3.05) is 32.6 Å². The minimum Gasteiger partial charge on any atom is -0.495 e. The number of hydrogen-bond donors (Lipinski definition) is 1. The number of aryl methyl sites for hydroxylation is 1. The maximum atomic E-state index is 13.4. The Labute approximate surface area is 194 Å². The fourth-order valence-electron chi connectivity index (χ4n) is 3.74. The number of nitrogens with zero attached hydrogens (tertiary/aromatic N) is 1. The first kappa shape index (κ1) is 24.4. The van der Waals surface area contributed by atoms with Crippen molar-refractivity contribution in [2.45, 2.75) is 38.5 Å². The summed E-state index contributed by atoms with van der Waals surface area (Å²) in [7, 11) is -0.749. The lowest BCUT2D eigenvalue weighted by molar-refractivity contribution is 0.102. The summed E-state index contributed by atoms with van der Waals surface area (Å²) >= 11 is 6.20. The lowest BCUT2D eigenvalue weighted by atomic mass is 10.0. The monoisotopic (exact) mass is 480 g/mol. The van der Waals surface area contributed by atoms with Crippen molar-refractivity contribution in [3.8, 4) is 11.5 Å². The zero-order valence-electron chi connectivity index (χ0n) is 19.0. The molecule has 1 amide bonds. The van der Waals surface area contributed by atoms with E-state index in [4.69, 9.17) is 21.1 Å². The molecule has 9 heteroatoms. The average molecular weight is 481 g/mol. The molecule has 0 radical (unpaired) electrons. The first-order valence-corrected chi connectivity index (χ1v) is 12.2. The number of carbonyl (C=O) groups excluding carboxylic acids is 1. The summed E-state index contributed by atoms with van der Waals surface area (Å²) in [6.45, 7) is 6.67. The van der Waals surface area contributed by atoms with E-state index in [2.05, 4.69) is 12.2 Å². The van der Waals surface area contributed by atoms with Crippen LogP contribution in [-0.4, -0.2) is 45.9 Å². The number of ether oxygens (including phenoxy) is 2. The predicted octanol–water partition coefficient (Wildman–Crippen LogP) is 4.65. The fraction of sp³-hybridized carbons (Fsp3) is 0.435. The van der Waals surface area contributed by atoms with Crippen LogP contribution in [0.2, 0.25) is 5.02 Å². The molecule has 0 saturated carbocycles. The maximum Gasteiger partial charge on any atom is 0.255 e. The largest absolute Gasteiger partial charge is 0.495 e. The summed E-state index contributed by atoms with van der Waals surface area (Å²) in [6, 6.07) is 6.23.